The summed E-state index contributed by atoms with van der Waals surface area (Å²) in [7, 11) is 0. The number of hydrogen-bond acceptors (Lipinski definition) is 1. The zero-order chi connectivity index (χ0) is 12.3. The highest BCUT2D eigenvalue weighted by Crippen LogP contribution is 2.16. The lowest BCUT2D eigenvalue weighted by Crippen LogP contribution is -2.23. The van der Waals surface area contributed by atoms with Gasteiger partial charge < -0.3 is 10.3 Å². The minimum atomic E-state index is -0.0458. The van der Waals surface area contributed by atoms with E-state index in [2.05, 4.69) is 10.3 Å². The molecule has 0 unspecified atom stereocenters. The summed E-state index contributed by atoms with van der Waals surface area (Å²) in [5.41, 5.74) is 2.78. The second-order valence-corrected chi connectivity index (χ2v) is 4.24. The molecular weight excluding hydrogens is 212 g/mol. The number of aromatic amines is 1. The first-order valence-electron chi connectivity index (χ1n) is 5.66. The maximum atomic E-state index is 12.0. The van der Waals surface area contributed by atoms with Crippen LogP contribution in [0.1, 0.15) is 24.2 Å². The van der Waals surface area contributed by atoms with E-state index in [1.807, 2.05) is 50.4 Å². The van der Waals surface area contributed by atoms with Gasteiger partial charge >= 0.3 is 0 Å². The molecule has 0 bridgehead atoms. The van der Waals surface area contributed by atoms with Crippen LogP contribution in [0.4, 0.5) is 0 Å². The van der Waals surface area contributed by atoms with Crippen molar-refractivity contribution in [3.05, 3.63) is 47.7 Å². The number of benzene rings is 1. The zero-order valence-corrected chi connectivity index (χ0v) is 10.1. The highest BCUT2D eigenvalue weighted by Gasteiger charge is 2.08. The molecule has 1 aromatic heterocycles. The molecule has 0 saturated heterocycles. The van der Waals surface area contributed by atoms with Crippen LogP contribution in [0.5, 0.6) is 0 Å². The van der Waals surface area contributed by atoms with Gasteiger partial charge in [0.2, 0.25) is 0 Å². The van der Waals surface area contributed by atoms with Gasteiger partial charge in [0.15, 0.2) is 0 Å². The Morgan fingerprint density at radius 2 is 2.18 bits per heavy atom. The molecule has 1 aromatic carbocycles. The van der Waals surface area contributed by atoms with E-state index in [1.165, 1.54) is 5.57 Å². The Morgan fingerprint density at radius 3 is 2.94 bits per heavy atom. The van der Waals surface area contributed by atoms with Crippen molar-refractivity contribution in [2.24, 2.45) is 0 Å². The summed E-state index contributed by atoms with van der Waals surface area (Å²) < 4.78 is 0. The van der Waals surface area contributed by atoms with Crippen LogP contribution in [0.25, 0.3) is 10.9 Å². The summed E-state index contributed by atoms with van der Waals surface area (Å²) in [6, 6.07) is 7.67. The molecule has 1 amide bonds. The van der Waals surface area contributed by atoms with Gasteiger partial charge in [-0.3, -0.25) is 4.79 Å². The van der Waals surface area contributed by atoms with Crippen LogP contribution in [-0.2, 0) is 0 Å². The number of fused-ring (bicyclic) bond motifs is 1. The fourth-order valence-corrected chi connectivity index (χ4v) is 1.72. The Labute approximate surface area is 101 Å². The van der Waals surface area contributed by atoms with Crippen molar-refractivity contribution < 1.29 is 4.79 Å². The van der Waals surface area contributed by atoms with Crippen molar-refractivity contribution in [3.63, 3.8) is 0 Å². The second-order valence-electron chi connectivity index (χ2n) is 4.24. The van der Waals surface area contributed by atoms with E-state index >= 15 is 0 Å². The average molecular weight is 228 g/mol. The van der Waals surface area contributed by atoms with E-state index in [9.17, 15) is 4.79 Å². The van der Waals surface area contributed by atoms with Crippen LogP contribution >= 0.6 is 0 Å². The lowest BCUT2D eigenvalue weighted by Gasteiger charge is -2.04. The molecule has 0 atom stereocenters. The van der Waals surface area contributed by atoms with Gasteiger partial charge in [-0.05, 0) is 26.0 Å². The van der Waals surface area contributed by atoms with Gasteiger partial charge in [0, 0.05) is 18.1 Å². The minimum absolute atomic E-state index is 0.0458. The standard InChI is InChI=1S/C14H16N2O/c1-10(2)6-8-16-14(17)12-5-3-4-11-7-9-15-13(11)12/h3-7,9,15H,8H2,1-2H3,(H,16,17). The first-order valence-corrected chi connectivity index (χ1v) is 5.66. The molecule has 0 fully saturated rings. The summed E-state index contributed by atoms with van der Waals surface area (Å²) in [5.74, 6) is -0.0458. The van der Waals surface area contributed by atoms with Gasteiger partial charge in [0.1, 0.15) is 0 Å². The van der Waals surface area contributed by atoms with Crippen LogP contribution in [-0.4, -0.2) is 17.4 Å². The third kappa shape index (κ3) is 2.56. The maximum Gasteiger partial charge on any atom is 0.253 e. The molecular formula is C14H16N2O. The summed E-state index contributed by atoms with van der Waals surface area (Å²) in [6.45, 7) is 4.59. The van der Waals surface area contributed by atoms with Crippen LogP contribution in [0.2, 0.25) is 0 Å². The monoisotopic (exact) mass is 228 g/mol. The summed E-state index contributed by atoms with van der Waals surface area (Å²) in [5, 5.41) is 3.93. The molecule has 0 saturated carbocycles. The highest BCUT2D eigenvalue weighted by atomic mass is 16.1. The number of allylic oxidation sites excluding steroid dienone is 1. The predicted molar refractivity (Wildman–Crippen MR) is 70.1 cm³/mol. The van der Waals surface area contributed by atoms with Gasteiger partial charge in [-0.15, -0.1) is 0 Å². The zero-order valence-electron chi connectivity index (χ0n) is 10.1. The van der Waals surface area contributed by atoms with E-state index in [0.717, 1.165) is 10.9 Å². The maximum absolute atomic E-state index is 12.0. The van der Waals surface area contributed by atoms with Crippen molar-refractivity contribution in [1.29, 1.82) is 0 Å². The molecule has 2 rings (SSSR count). The second kappa shape index (κ2) is 4.87. The lowest BCUT2D eigenvalue weighted by atomic mass is 10.1. The van der Waals surface area contributed by atoms with Gasteiger partial charge in [-0.25, -0.2) is 0 Å². The minimum Gasteiger partial charge on any atom is -0.361 e. The number of amides is 1. The fourth-order valence-electron chi connectivity index (χ4n) is 1.72. The molecule has 3 nitrogen and oxygen atoms in total. The summed E-state index contributed by atoms with van der Waals surface area (Å²) >= 11 is 0. The van der Waals surface area contributed by atoms with Gasteiger partial charge in [0.05, 0.1) is 11.1 Å². The third-order valence-corrected chi connectivity index (χ3v) is 2.60. The van der Waals surface area contributed by atoms with Crippen molar-refractivity contribution in [3.8, 4) is 0 Å². The number of carbonyl (C=O) groups is 1. The van der Waals surface area contributed by atoms with E-state index in [4.69, 9.17) is 0 Å². The summed E-state index contributed by atoms with van der Waals surface area (Å²) in [6.07, 6.45) is 3.84. The van der Waals surface area contributed by atoms with E-state index in [1.54, 1.807) is 0 Å². The first-order chi connectivity index (χ1) is 8.18. The van der Waals surface area contributed by atoms with Crippen molar-refractivity contribution in [1.82, 2.24) is 10.3 Å². The lowest BCUT2D eigenvalue weighted by molar-refractivity contribution is 0.0959. The Morgan fingerprint density at radius 1 is 1.35 bits per heavy atom. The number of para-hydroxylation sites is 1. The van der Waals surface area contributed by atoms with E-state index in [-0.39, 0.29) is 5.91 Å². The predicted octanol–water partition coefficient (Wildman–Crippen LogP) is 2.86. The number of H-pyrrole nitrogens is 1. The molecule has 0 aliphatic rings. The molecule has 1 heterocycles. The van der Waals surface area contributed by atoms with E-state index in [0.29, 0.717) is 12.1 Å². The molecule has 3 heteroatoms. The number of hydrogen-bond donors (Lipinski definition) is 2. The quantitative estimate of drug-likeness (QED) is 0.779. The Kier molecular flexibility index (Phi) is 3.28. The van der Waals surface area contributed by atoms with Gasteiger partial charge in [-0.1, -0.05) is 23.8 Å². The van der Waals surface area contributed by atoms with Crippen molar-refractivity contribution in [2.75, 3.05) is 6.54 Å². The normalized spacial score (nSPS) is 10.2. The summed E-state index contributed by atoms with van der Waals surface area (Å²) in [4.78, 5) is 15.1. The molecule has 2 N–H and O–H groups in total. The van der Waals surface area contributed by atoms with Crippen LogP contribution < -0.4 is 5.32 Å². The fraction of sp³-hybridized carbons (Fsp3) is 0.214. The van der Waals surface area contributed by atoms with Crippen molar-refractivity contribution in [2.45, 2.75) is 13.8 Å². The van der Waals surface area contributed by atoms with Gasteiger partial charge in [-0.2, -0.15) is 0 Å². The number of rotatable bonds is 3. The molecule has 0 spiro atoms. The van der Waals surface area contributed by atoms with Crippen LogP contribution in [0.3, 0.4) is 0 Å². The van der Waals surface area contributed by atoms with E-state index < -0.39 is 0 Å². The van der Waals surface area contributed by atoms with Crippen molar-refractivity contribution >= 4 is 16.8 Å². The number of carbonyl (C=O) groups excluding carboxylic acids is 1. The van der Waals surface area contributed by atoms with Crippen LogP contribution in [0, 0.1) is 0 Å². The SMILES string of the molecule is CC(C)=CCNC(=O)c1cccc2cc[nH]c12. The topological polar surface area (TPSA) is 44.9 Å². The third-order valence-electron chi connectivity index (χ3n) is 2.60. The van der Waals surface area contributed by atoms with Gasteiger partial charge in [0.25, 0.3) is 5.91 Å². The van der Waals surface area contributed by atoms with Crippen LogP contribution in [0.15, 0.2) is 42.1 Å². The molecule has 0 aliphatic heterocycles. The molecule has 17 heavy (non-hydrogen) atoms. The number of aromatic nitrogens is 1. The highest BCUT2D eigenvalue weighted by molar-refractivity contribution is 6.05. The smallest absolute Gasteiger partial charge is 0.253 e. The Bertz CT molecular complexity index is 562. The molecule has 2 aromatic rings. The largest absolute Gasteiger partial charge is 0.361 e. The molecule has 0 radical (unpaired) electrons. The first kappa shape index (κ1) is 11.5. The average Bonchev–Trinajstić information content (AvgIpc) is 2.75. The Hall–Kier alpha value is -2.03. The molecule has 88 valence electrons. The Balaban J connectivity index is 2.19. The number of nitrogens with one attached hydrogen (secondary N) is 2. The molecule has 0 aliphatic carbocycles.